The van der Waals surface area contributed by atoms with Crippen molar-refractivity contribution in [3.8, 4) is 16.9 Å². The molecular formula is C33H31NO3. The van der Waals surface area contributed by atoms with E-state index in [9.17, 15) is 4.79 Å². The highest BCUT2D eigenvalue weighted by atomic mass is 16.5. The average Bonchev–Trinajstić information content (AvgIpc) is 3.34. The fraction of sp³-hybridized carbons (Fsp3) is 0.182. The van der Waals surface area contributed by atoms with Crippen LogP contribution in [0.5, 0.6) is 5.75 Å². The molecule has 4 heteroatoms. The number of methoxy groups -OCH3 is 1. The van der Waals surface area contributed by atoms with Crippen LogP contribution in [-0.4, -0.2) is 19.1 Å². The fourth-order valence-corrected chi connectivity index (χ4v) is 4.86. The summed E-state index contributed by atoms with van der Waals surface area (Å²) in [6, 6.07) is 29.0. The maximum absolute atomic E-state index is 12.8. The van der Waals surface area contributed by atoms with E-state index >= 15 is 0 Å². The molecule has 1 N–H and O–H groups in total. The lowest BCUT2D eigenvalue weighted by Gasteiger charge is -2.14. The Hall–Kier alpha value is -4.31. The molecule has 0 bridgehead atoms. The molecule has 186 valence electrons. The molecule has 1 atom stereocenters. The van der Waals surface area contributed by atoms with Crippen LogP contribution in [0.15, 0.2) is 102 Å². The summed E-state index contributed by atoms with van der Waals surface area (Å²) in [4.78, 5) is 12.8. The van der Waals surface area contributed by atoms with Crippen LogP contribution < -0.4 is 10.1 Å². The van der Waals surface area contributed by atoms with E-state index < -0.39 is 0 Å². The van der Waals surface area contributed by atoms with Crippen LogP contribution in [0.1, 0.15) is 31.4 Å². The van der Waals surface area contributed by atoms with E-state index in [-0.39, 0.29) is 11.9 Å². The van der Waals surface area contributed by atoms with Crippen molar-refractivity contribution < 1.29 is 13.9 Å². The normalized spacial score (nSPS) is 12.6. The highest BCUT2D eigenvalue weighted by Crippen LogP contribution is 2.39. The van der Waals surface area contributed by atoms with Gasteiger partial charge in [-0.05, 0) is 60.2 Å². The van der Waals surface area contributed by atoms with Gasteiger partial charge in [-0.3, -0.25) is 4.79 Å². The maximum Gasteiger partial charge on any atom is 0.244 e. The number of rotatable bonds is 8. The molecule has 5 aromatic rings. The van der Waals surface area contributed by atoms with Crippen molar-refractivity contribution >= 4 is 33.2 Å². The number of ether oxygens (including phenoxy) is 1. The van der Waals surface area contributed by atoms with Crippen molar-refractivity contribution in [1.82, 2.24) is 5.32 Å². The second-order valence-electron chi connectivity index (χ2n) is 9.49. The molecule has 0 saturated heterocycles. The minimum Gasteiger partial charge on any atom is -0.496 e. The molecule has 0 saturated carbocycles. The Balaban J connectivity index is 1.42. The molecule has 1 amide bonds. The van der Waals surface area contributed by atoms with E-state index in [4.69, 9.17) is 9.15 Å². The molecule has 0 aliphatic rings. The summed E-state index contributed by atoms with van der Waals surface area (Å²) in [5.41, 5.74) is 5.84. The number of aryl methyl sites for hydroxylation is 1. The second kappa shape index (κ2) is 10.8. The molecule has 0 aliphatic carbocycles. The summed E-state index contributed by atoms with van der Waals surface area (Å²) < 4.78 is 11.6. The van der Waals surface area contributed by atoms with Crippen molar-refractivity contribution in [2.24, 2.45) is 0 Å². The number of fused-ring (bicyclic) bond motifs is 2. The van der Waals surface area contributed by atoms with E-state index in [1.807, 2.05) is 44.2 Å². The predicted octanol–water partition coefficient (Wildman–Crippen LogP) is 7.80. The van der Waals surface area contributed by atoms with Crippen molar-refractivity contribution in [2.75, 3.05) is 7.11 Å². The number of furan rings is 1. The Kier molecular flexibility index (Phi) is 7.09. The van der Waals surface area contributed by atoms with Crippen LogP contribution in [0.25, 0.3) is 38.4 Å². The van der Waals surface area contributed by atoms with Crippen LogP contribution in [0, 0.1) is 0 Å². The zero-order chi connectivity index (χ0) is 25.8. The third kappa shape index (κ3) is 5.29. The topological polar surface area (TPSA) is 51.5 Å². The number of carbonyl (C=O) groups is 1. The summed E-state index contributed by atoms with van der Waals surface area (Å²) in [5, 5.41) is 6.43. The summed E-state index contributed by atoms with van der Waals surface area (Å²) >= 11 is 0. The fourth-order valence-electron chi connectivity index (χ4n) is 4.86. The molecule has 0 fully saturated rings. The minimum atomic E-state index is -0.110. The van der Waals surface area contributed by atoms with Crippen molar-refractivity contribution in [2.45, 2.75) is 32.7 Å². The Morgan fingerprint density at radius 3 is 2.51 bits per heavy atom. The highest BCUT2D eigenvalue weighted by Gasteiger charge is 2.16. The van der Waals surface area contributed by atoms with Crippen LogP contribution in [0.2, 0.25) is 0 Å². The SMILES string of the molecule is COc1cc2occ(-c3cccc4ccccc34)c2cc1/C(C)=C/C(=O)NC(C)CCc1ccccc1. The zero-order valence-corrected chi connectivity index (χ0v) is 21.5. The van der Waals surface area contributed by atoms with Crippen LogP contribution >= 0.6 is 0 Å². The number of amides is 1. The van der Waals surface area contributed by atoms with Crippen LogP contribution in [0.3, 0.4) is 0 Å². The van der Waals surface area contributed by atoms with Gasteiger partial charge in [-0.15, -0.1) is 0 Å². The quantitative estimate of drug-likeness (QED) is 0.226. The molecule has 1 aromatic heterocycles. The van der Waals surface area contributed by atoms with Crippen molar-refractivity contribution in [1.29, 1.82) is 0 Å². The summed E-state index contributed by atoms with van der Waals surface area (Å²) in [6.45, 7) is 3.98. The van der Waals surface area contributed by atoms with Gasteiger partial charge in [0.15, 0.2) is 0 Å². The van der Waals surface area contributed by atoms with Crippen LogP contribution in [0.4, 0.5) is 0 Å². The van der Waals surface area contributed by atoms with Crippen molar-refractivity contribution in [3.63, 3.8) is 0 Å². The molecule has 0 aliphatic heterocycles. The number of hydrogen-bond acceptors (Lipinski definition) is 3. The predicted molar refractivity (Wildman–Crippen MR) is 152 cm³/mol. The van der Waals surface area contributed by atoms with Gasteiger partial charge >= 0.3 is 0 Å². The number of carbonyl (C=O) groups excluding carboxylic acids is 1. The van der Waals surface area contributed by atoms with Gasteiger partial charge in [-0.2, -0.15) is 0 Å². The second-order valence-corrected chi connectivity index (χ2v) is 9.49. The summed E-state index contributed by atoms with van der Waals surface area (Å²) in [5.74, 6) is 0.562. The van der Waals surface area contributed by atoms with Gasteiger partial charge in [-0.1, -0.05) is 72.8 Å². The molecule has 5 rings (SSSR count). The van der Waals surface area contributed by atoms with E-state index in [0.717, 1.165) is 46.1 Å². The Morgan fingerprint density at radius 1 is 0.946 bits per heavy atom. The molecule has 4 nitrogen and oxygen atoms in total. The van der Waals surface area contributed by atoms with Gasteiger partial charge in [-0.25, -0.2) is 0 Å². The smallest absolute Gasteiger partial charge is 0.244 e. The number of benzene rings is 4. The Labute approximate surface area is 217 Å². The number of nitrogens with one attached hydrogen (secondary N) is 1. The first-order valence-electron chi connectivity index (χ1n) is 12.6. The third-order valence-corrected chi connectivity index (χ3v) is 6.85. The molecule has 1 heterocycles. The van der Waals surface area contributed by atoms with E-state index in [1.165, 1.54) is 16.3 Å². The maximum atomic E-state index is 12.8. The number of hydrogen-bond donors (Lipinski definition) is 1. The van der Waals surface area contributed by atoms with Gasteiger partial charge in [0.25, 0.3) is 0 Å². The van der Waals surface area contributed by atoms with Gasteiger partial charge in [0.05, 0.1) is 13.4 Å². The third-order valence-electron chi connectivity index (χ3n) is 6.85. The Bertz CT molecular complexity index is 1570. The molecular weight excluding hydrogens is 458 g/mol. The first-order valence-corrected chi connectivity index (χ1v) is 12.6. The summed E-state index contributed by atoms with van der Waals surface area (Å²) in [6.07, 6.45) is 5.25. The molecule has 0 radical (unpaired) electrons. The summed E-state index contributed by atoms with van der Waals surface area (Å²) in [7, 11) is 1.64. The largest absolute Gasteiger partial charge is 0.496 e. The molecule has 4 aromatic carbocycles. The molecule has 37 heavy (non-hydrogen) atoms. The van der Waals surface area contributed by atoms with E-state index in [2.05, 4.69) is 59.9 Å². The molecule has 1 unspecified atom stereocenters. The monoisotopic (exact) mass is 489 g/mol. The lowest BCUT2D eigenvalue weighted by Crippen LogP contribution is -2.31. The minimum absolute atomic E-state index is 0.0629. The lowest BCUT2D eigenvalue weighted by atomic mass is 9.96. The van der Waals surface area contributed by atoms with Gasteiger partial charge < -0.3 is 14.5 Å². The van der Waals surface area contributed by atoms with E-state index in [0.29, 0.717) is 5.75 Å². The van der Waals surface area contributed by atoms with Crippen LogP contribution in [-0.2, 0) is 11.2 Å². The highest BCUT2D eigenvalue weighted by molar-refractivity contribution is 6.06. The van der Waals surface area contributed by atoms with Gasteiger partial charge in [0, 0.05) is 34.7 Å². The first-order chi connectivity index (χ1) is 18.0. The molecule has 0 spiro atoms. The number of allylic oxidation sites excluding steroid dienone is 1. The standard InChI is InChI=1S/C33H31NO3/c1-22(18-33(35)34-23(2)16-17-24-10-5-4-6-11-24)28-19-29-30(21-37-32(29)20-31(28)36-3)27-15-9-13-25-12-7-8-14-26(25)27/h4-15,18-21,23H,16-17H2,1-3H3,(H,34,35)/b22-18+. The van der Waals surface area contributed by atoms with Crippen molar-refractivity contribution in [3.05, 3.63) is 108 Å². The lowest BCUT2D eigenvalue weighted by molar-refractivity contribution is -0.117. The van der Waals surface area contributed by atoms with Gasteiger partial charge in [0.2, 0.25) is 5.91 Å². The van der Waals surface area contributed by atoms with Gasteiger partial charge in [0.1, 0.15) is 11.3 Å². The average molecular weight is 490 g/mol. The first kappa shape index (κ1) is 24.4. The Morgan fingerprint density at radius 2 is 1.70 bits per heavy atom. The zero-order valence-electron chi connectivity index (χ0n) is 21.5. The van der Waals surface area contributed by atoms with E-state index in [1.54, 1.807) is 19.4 Å².